The van der Waals surface area contributed by atoms with Crippen LogP contribution in [0, 0.1) is 29.1 Å². The maximum Gasteiger partial charge on any atom is 0.348 e. The van der Waals surface area contributed by atoms with Gasteiger partial charge in [-0.25, -0.2) is 4.79 Å². The van der Waals surface area contributed by atoms with E-state index in [9.17, 15) is 19.5 Å². The topological polar surface area (TPSA) is 96.4 Å². The van der Waals surface area contributed by atoms with Crippen molar-refractivity contribution in [2.24, 2.45) is 17.3 Å². The zero-order chi connectivity index (χ0) is 26.5. The number of thiophene rings is 1. The highest BCUT2D eigenvalue weighted by Gasteiger charge is 2.40. The van der Waals surface area contributed by atoms with Crippen molar-refractivity contribution in [1.29, 1.82) is 0 Å². The summed E-state index contributed by atoms with van der Waals surface area (Å²) in [5, 5.41) is 10.1. The van der Waals surface area contributed by atoms with E-state index in [1.165, 1.54) is 12.0 Å². The largest absolute Gasteiger partial charge is 0.477 e. The second kappa shape index (κ2) is 12.2. The fraction of sp³-hybridized carbons (Fsp3) is 0.667. The second-order valence-electron chi connectivity index (χ2n) is 10.7. The minimum absolute atomic E-state index is 0.00150. The Morgan fingerprint density at radius 3 is 2.42 bits per heavy atom. The third-order valence-electron chi connectivity index (χ3n) is 6.57. The van der Waals surface area contributed by atoms with E-state index in [2.05, 4.69) is 18.8 Å². The Morgan fingerprint density at radius 2 is 1.86 bits per heavy atom. The molecule has 2 heterocycles. The molecule has 2 fully saturated rings. The van der Waals surface area contributed by atoms with E-state index < -0.39 is 12.0 Å². The average molecular weight is 519 g/mol. The summed E-state index contributed by atoms with van der Waals surface area (Å²) in [5.74, 6) is 4.84. The Kier molecular flexibility index (Phi) is 9.56. The standard InChI is InChI=1S/C27H38N2O6S/c1-18-6-8-19(9-7-18)24(30)29(22(17-34-5)25(31)28-12-14-35-15-13-28)21-16-20(10-11-27(2,3)4)36-23(21)26(32)33/h16,18-19,22H,6-9,12-15,17H2,1-5H3,(H,32,33). The van der Waals surface area contributed by atoms with Gasteiger partial charge in [-0.2, -0.15) is 0 Å². The average Bonchev–Trinajstić information content (AvgIpc) is 3.27. The zero-order valence-electron chi connectivity index (χ0n) is 22.0. The predicted octanol–water partition coefficient (Wildman–Crippen LogP) is 3.88. The van der Waals surface area contributed by atoms with Crippen molar-refractivity contribution in [1.82, 2.24) is 4.90 Å². The highest BCUT2D eigenvalue weighted by Crippen LogP contribution is 2.36. The number of nitrogens with zero attached hydrogens (tertiary/aromatic N) is 2. The van der Waals surface area contributed by atoms with E-state index in [-0.39, 0.29) is 40.3 Å². The monoisotopic (exact) mass is 518 g/mol. The molecule has 1 aromatic heterocycles. The van der Waals surface area contributed by atoms with Gasteiger partial charge < -0.3 is 19.5 Å². The summed E-state index contributed by atoms with van der Waals surface area (Å²) in [6.45, 7) is 9.74. The number of methoxy groups -OCH3 is 1. The lowest BCUT2D eigenvalue weighted by molar-refractivity contribution is -0.140. The van der Waals surface area contributed by atoms with Crippen LogP contribution in [-0.2, 0) is 19.1 Å². The number of carbonyl (C=O) groups is 3. The molecule has 198 valence electrons. The van der Waals surface area contributed by atoms with E-state index in [0.717, 1.165) is 24.2 Å². The summed E-state index contributed by atoms with van der Waals surface area (Å²) < 4.78 is 10.8. The Labute approximate surface area is 217 Å². The molecule has 8 nitrogen and oxygen atoms in total. The minimum atomic E-state index is -1.15. The normalized spacial score (nSPS) is 21.3. The van der Waals surface area contributed by atoms with Crippen LogP contribution >= 0.6 is 11.3 Å². The zero-order valence-corrected chi connectivity index (χ0v) is 22.8. The van der Waals surface area contributed by atoms with Crippen molar-refractivity contribution in [3.8, 4) is 11.8 Å². The number of hydrogen-bond donors (Lipinski definition) is 1. The Hall–Kier alpha value is -2.41. The van der Waals surface area contributed by atoms with Gasteiger partial charge in [0, 0.05) is 31.5 Å². The molecule has 1 aliphatic carbocycles. The van der Waals surface area contributed by atoms with Gasteiger partial charge >= 0.3 is 5.97 Å². The lowest BCUT2D eigenvalue weighted by atomic mass is 9.82. The molecule has 1 saturated carbocycles. The number of carbonyl (C=O) groups excluding carboxylic acids is 2. The lowest BCUT2D eigenvalue weighted by Crippen LogP contribution is -2.57. The molecule has 9 heteroatoms. The van der Waals surface area contributed by atoms with E-state index >= 15 is 0 Å². The van der Waals surface area contributed by atoms with Gasteiger partial charge in [0.25, 0.3) is 0 Å². The highest BCUT2D eigenvalue weighted by atomic mass is 32.1. The number of morpholine rings is 1. The van der Waals surface area contributed by atoms with Crippen LogP contribution in [0.4, 0.5) is 5.69 Å². The SMILES string of the molecule is COCC(C(=O)N1CCOCC1)N(C(=O)C1CCC(C)CC1)c1cc(C#CC(C)(C)C)sc1C(=O)O. The fourth-order valence-corrected chi connectivity index (χ4v) is 5.42. The molecule has 0 bridgehead atoms. The third-order valence-corrected chi connectivity index (χ3v) is 7.60. The van der Waals surface area contributed by atoms with E-state index in [0.29, 0.717) is 49.9 Å². The predicted molar refractivity (Wildman–Crippen MR) is 139 cm³/mol. The van der Waals surface area contributed by atoms with Crippen LogP contribution in [-0.4, -0.2) is 73.9 Å². The lowest BCUT2D eigenvalue weighted by Gasteiger charge is -2.38. The molecule has 1 aromatic rings. The van der Waals surface area contributed by atoms with Crippen molar-refractivity contribution in [2.75, 3.05) is 44.9 Å². The number of carboxylic acids is 1. The Bertz CT molecular complexity index is 1000. The third kappa shape index (κ3) is 7.09. The molecule has 1 atom stereocenters. The number of hydrogen-bond acceptors (Lipinski definition) is 6. The molecule has 2 amide bonds. The summed E-state index contributed by atoms with van der Waals surface area (Å²) in [6.07, 6.45) is 3.28. The van der Waals surface area contributed by atoms with Gasteiger partial charge in [-0.3, -0.25) is 14.5 Å². The molecule has 36 heavy (non-hydrogen) atoms. The summed E-state index contributed by atoms with van der Waals surface area (Å²) in [7, 11) is 1.48. The first-order valence-corrected chi connectivity index (χ1v) is 13.4. The Morgan fingerprint density at radius 1 is 1.22 bits per heavy atom. The van der Waals surface area contributed by atoms with Gasteiger partial charge in [0.15, 0.2) is 0 Å². The molecule has 3 rings (SSSR count). The van der Waals surface area contributed by atoms with Gasteiger partial charge in [0.05, 0.1) is 30.4 Å². The molecule has 1 aliphatic heterocycles. The summed E-state index contributed by atoms with van der Waals surface area (Å²) in [4.78, 5) is 43.7. The number of amides is 2. The molecular weight excluding hydrogens is 480 g/mol. The molecule has 1 unspecified atom stereocenters. The molecule has 1 saturated heterocycles. The summed E-state index contributed by atoms with van der Waals surface area (Å²) in [5.41, 5.74) is -0.0507. The number of carboxylic acid groups (broad SMARTS) is 1. The van der Waals surface area contributed by atoms with Crippen LogP contribution in [0.15, 0.2) is 6.07 Å². The van der Waals surface area contributed by atoms with Crippen LogP contribution in [0.2, 0.25) is 0 Å². The number of anilines is 1. The highest BCUT2D eigenvalue weighted by molar-refractivity contribution is 7.15. The summed E-state index contributed by atoms with van der Waals surface area (Å²) >= 11 is 1.03. The molecule has 0 aromatic carbocycles. The first kappa shape index (κ1) is 28.2. The van der Waals surface area contributed by atoms with Gasteiger partial charge in [-0.15, -0.1) is 11.3 Å². The van der Waals surface area contributed by atoms with Crippen LogP contribution in [0.5, 0.6) is 0 Å². The molecule has 0 spiro atoms. The smallest absolute Gasteiger partial charge is 0.348 e. The molecule has 0 radical (unpaired) electrons. The van der Waals surface area contributed by atoms with Crippen molar-refractivity contribution in [3.63, 3.8) is 0 Å². The van der Waals surface area contributed by atoms with E-state index in [1.807, 2.05) is 20.8 Å². The van der Waals surface area contributed by atoms with Crippen LogP contribution in [0.3, 0.4) is 0 Å². The number of rotatable bonds is 7. The first-order valence-electron chi connectivity index (χ1n) is 12.6. The second-order valence-corrected chi connectivity index (χ2v) is 11.8. The van der Waals surface area contributed by atoms with Crippen molar-refractivity contribution < 1.29 is 29.0 Å². The minimum Gasteiger partial charge on any atom is -0.477 e. The van der Waals surface area contributed by atoms with Crippen molar-refractivity contribution in [2.45, 2.75) is 59.4 Å². The van der Waals surface area contributed by atoms with Crippen LogP contribution < -0.4 is 4.90 Å². The van der Waals surface area contributed by atoms with Crippen LogP contribution in [0.1, 0.15) is 67.9 Å². The Balaban J connectivity index is 2.09. The maximum absolute atomic E-state index is 14.1. The van der Waals surface area contributed by atoms with E-state index in [4.69, 9.17) is 9.47 Å². The van der Waals surface area contributed by atoms with Crippen LogP contribution in [0.25, 0.3) is 0 Å². The molecular formula is C27H38N2O6S. The summed E-state index contributed by atoms with van der Waals surface area (Å²) in [6, 6.07) is 0.668. The van der Waals surface area contributed by atoms with E-state index in [1.54, 1.807) is 11.0 Å². The first-order chi connectivity index (χ1) is 17.0. The number of aromatic carboxylic acids is 1. The molecule has 1 N–H and O–H groups in total. The van der Waals surface area contributed by atoms with Gasteiger partial charge in [0.2, 0.25) is 11.8 Å². The maximum atomic E-state index is 14.1. The fourth-order valence-electron chi connectivity index (χ4n) is 4.58. The quantitative estimate of drug-likeness (QED) is 0.551. The number of ether oxygens (including phenoxy) is 2. The van der Waals surface area contributed by atoms with Crippen molar-refractivity contribution >= 4 is 34.8 Å². The van der Waals surface area contributed by atoms with Gasteiger partial charge in [0.1, 0.15) is 10.9 Å². The van der Waals surface area contributed by atoms with Gasteiger partial charge in [-0.05, 0) is 58.4 Å². The van der Waals surface area contributed by atoms with Crippen molar-refractivity contribution in [3.05, 3.63) is 15.8 Å². The molecule has 2 aliphatic rings. The van der Waals surface area contributed by atoms with Gasteiger partial charge in [-0.1, -0.05) is 18.8 Å².